The van der Waals surface area contributed by atoms with E-state index in [-0.39, 0.29) is 17.6 Å². The van der Waals surface area contributed by atoms with Gasteiger partial charge in [-0.1, -0.05) is 32.9 Å². The SMILES string of the molecule is CC(C)(C)C1CC=CN1C(=O)O.CC(C)(C)OC(=O)N1C=CCC1. The molecule has 2 amide bonds. The van der Waals surface area contributed by atoms with Gasteiger partial charge in [-0.2, -0.15) is 0 Å². The number of carboxylic acid groups (broad SMARTS) is 1. The van der Waals surface area contributed by atoms with Crippen molar-refractivity contribution in [2.24, 2.45) is 5.41 Å². The van der Waals surface area contributed by atoms with Gasteiger partial charge in [-0.25, -0.2) is 9.59 Å². The molecule has 2 aliphatic heterocycles. The summed E-state index contributed by atoms with van der Waals surface area (Å²) < 4.78 is 5.16. The maximum atomic E-state index is 11.3. The van der Waals surface area contributed by atoms with E-state index in [4.69, 9.17) is 9.84 Å². The summed E-state index contributed by atoms with van der Waals surface area (Å²) in [6.45, 7) is 12.5. The molecule has 0 saturated heterocycles. The molecule has 2 aliphatic rings. The number of hydrogen-bond acceptors (Lipinski definition) is 3. The van der Waals surface area contributed by atoms with Gasteiger partial charge in [0.05, 0.1) is 0 Å². The lowest BCUT2D eigenvalue weighted by molar-refractivity contribution is 0.0349. The number of ether oxygens (including phenoxy) is 1. The minimum Gasteiger partial charge on any atom is -0.465 e. The highest BCUT2D eigenvalue weighted by Gasteiger charge is 2.34. The second-order valence-corrected chi connectivity index (χ2v) is 8.04. The van der Waals surface area contributed by atoms with E-state index in [1.807, 2.05) is 32.9 Å². The van der Waals surface area contributed by atoms with Gasteiger partial charge in [0.2, 0.25) is 0 Å². The first-order valence-electron chi connectivity index (χ1n) is 8.26. The van der Waals surface area contributed by atoms with Gasteiger partial charge in [0, 0.05) is 25.0 Å². The van der Waals surface area contributed by atoms with E-state index in [1.165, 1.54) is 4.90 Å². The van der Waals surface area contributed by atoms with Gasteiger partial charge in [0.1, 0.15) is 5.60 Å². The Morgan fingerprint density at radius 3 is 2.08 bits per heavy atom. The minimum atomic E-state index is -0.858. The van der Waals surface area contributed by atoms with Crippen molar-refractivity contribution in [1.29, 1.82) is 0 Å². The molecule has 0 radical (unpaired) electrons. The van der Waals surface area contributed by atoms with Crippen LogP contribution in [0.5, 0.6) is 0 Å². The van der Waals surface area contributed by atoms with E-state index in [0.717, 1.165) is 19.4 Å². The Hall–Kier alpha value is -1.98. The summed E-state index contributed by atoms with van der Waals surface area (Å²) in [6.07, 6.45) is 7.94. The highest BCUT2D eigenvalue weighted by Crippen LogP contribution is 2.31. The Labute approximate surface area is 144 Å². The standard InChI is InChI=1S/2C9H15NO2/c1-9(2,3)12-8(11)10-6-4-5-7-10;1-9(2,3)7-5-4-6-10(7)8(11)12/h4,6H,5,7H2,1-3H3;4,6-7H,5H2,1-3H3,(H,11,12). The molecular formula is C18H30N2O4. The molecule has 1 atom stereocenters. The second-order valence-electron chi connectivity index (χ2n) is 8.04. The minimum absolute atomic E-state index is 0.0158. The zero-order valence-corrected chi connectivity index (χ0v) is 15.6. The Morgan fingerprint density at radius 1 is 1.08 bits per heavy atom. The van der Waals surface area contributed by atoms with Crippen molar-refractivity contribution in [2.45, 2.75) is 66.0 Å². The normalized spacial score (nSPS) is 20.0. The zero-order valence-electron chi connectivity index (χ0n) is 15.6. The first kappa shape index (κ1) is 20.1. The van der Waals surface area contributed by atoms with E-state index < -0.39 is 11.7 Å². The van der Waals surface area contributed by atoms with Crippen LogP contribution in [-0.2, 0) is 4.74 Å². The van der Waals surface area contributed by atoms with Gasteiger partial charge in [0.25, 0.3) is 0 Å². The van der Waals surface area contributed by atoms with E-state index in [2.05, 4.69) is 20.8 Å². The van der Waals surface area contributed by atoms with Crippen molar-refractivity contribution in [1.82, 2.24) is 9.80 Å². The monoisotopic (exact) mass is 338 g/mol. The van der Waals surface area contributed by atoms with Gasteiger partial charge in [-0.15, -0.1) is 0 Å². The lowest BCUT2D eigenvalue weighted by Crippen LogP contribution is -2.40. The number of nitrogens with zero attached hydrogens (tertiary/aromatic N) is 2. The predicted octanol–water partition coefficient (Wildman–Crippen LogP) is 4.44. The lowest BCUT2D eigenvalue weighted by Gasteiger charge is -2.32. The summed E-state index contributed by atoms with van der Waals surface area (Å²) >= 11 is 0. The van der Waals surface area contributed by atoms with Crippen molar-refractivity contribution >= 4 is 12.2 Å². The summed E-state index contributed by atoms with van der Waals surface area (Å²) in [7, 11) is 0. The van der Waals surface area contributed by atoms with Crippen LogP contribution in [-0.4, -0.2) is 45.3 Å². The molecule has 0 aromatic heterocycles. The van der Waals surface area contributed by atoms with Gasteiger partial charge >= 0.3 is 12.2 Å². The van der Waals surface area contributed by atoms with Crippen molar-refractivity contribution < 1.29 is 19.4 Å². The Kier molecular flexibility index (Phi) is 6.46. The average Bonchev–Trinajstić information content (AvgIpc) is 3.08. The van der Waals surface area contributed by atoms with Crippen LogP contribution in [0.4, 0.5) is 9.59 Å². The highest BCUT2D eigenvalue weighted by atomic mass is 16.6. The molecule has 1 unspecified atom stereocenters. The van der Waals surface area contributed by atoms with Gasteiger partial charge in [-0.05, 0) is 39.0 Å². The first-order chi connectivity index (χ1) is 10.9. The average molecular weight is 338 g/mol. The first-order valence-corrected chi connectivity index (χ1v) is 8.26. The zero-order chi connectivity index (χ0) is 18.5. The summed E-state index contributed by atoms with van der Waals surface area (Å²) in [5, 5.41) is 8.82. The van der Waals surface area contributed by atoms with Gasteiger partial charge in [-0.3, -0.25) is 9.80 Å². The molecule has 0 aromatic carbocycles. The van der Waals surface area contributed by atoms with Crippen LogP contribution in [0.25, 0.3) is 0 Å². The molecule has 0 spiro atoms. The Balaban J connectivity index is 0.000000240. The topological polar surface area (TPSA) is 70.1 Å². The molecule has 6 heteroatoms. The van der Waals surface area contributed by atoms with Gasteiger partial charge < -0.3 is 9.84 Å². The highest BCUT2D eigenvalue weighted by molar-refractivity contribution is 5.69. The summed E-state index contributed by atoms with van der Waals surface area (Å²) in [6, 6.07) is 0.0926. The van der Waals surface area contributed by atoms with Crippen LogP contribution in [0.3, 0.4) is 0 Å². The van der Waals surface area contributed by atoms with Crippen LogP contribution in [0.15, 0.2) is 24.6 Å². The van der Waals surface area contributed by atoms with E-state index >= 15 is 0 Å². The smallest absolute Gasteiger partial charge is 0.414 e. The van der Waals surface area contributed by atoms with Crippen LogP contribution in [0.1, 0.15) is 54.4 Å². The third kappa shape index (κ3) is 6.26. The summed E-state index contributed by atoms with van der Waals surface area (Å²) in [5.41, 5.74) is -0.380. The summed E-state index contributed by atoms with van der Waals surface area (Å²) in [5.74, 6) is 0. The number of hydrogen-bond donors (Lipinski definition) is 1. The third-order valence-corrected chi connectivity index (χ3v) is 3.63. The largest absolute Gasteiger partial charge is 0.465 e. The molecule has 0 bridgehead atoms. The Bertz CT molecular complexity index is 512. The number of carbonyl (C=O) groups excluding carboxylic acids is 1. The van der Waals surface area contributed by atoms with Gasteiger partial charge in [0.15, 0.2) is 0 Å². The van der Waals surface area contributed by atoms with E-state index in [9.17, 15) is 9.59 Å². The molecule has 2 heterocycles. The molecule has 1 N–H and O–H groups in total. The maximum Gasteiger partial charge on any atom is 0.414 e. The molecule has 0 aromatic rings. The third-order valence-electron chi connectivity index (χ3n) is 3.63. The molecule has 24 heavy (non-hydrogen) atoms. The maximum absolute atomic E-state index is 11.3. The molecule has 2 rings (SSSR count). The van der Waals surface area contributed by atoms with Crippen molar-refractivity contribution in [2.75, 3.05) is 6.54 Å². The number of rotatable bonds is 0. The van der Waals surface area contributed by atoms with Crippen LogP contribution in [0.2, 0.25) is 0 Å². The lowest BCUT2D eigenvalue weighted by atomic mass is 9.85. The Morgan fingerprint density at radius 2 is 1.71 bits per heavy atom. The molecule has 0 aliphatic carbocycles. The van der Waals surface area contributed by atoms with Crippen molar-refractivity contribution in [3.05, 3.63) is 24.6 Å². The van der Waals surface area contributed by atoms with Crippen LogP contribution >= 0.6 is 0 Å². The quantitative estimate of drug-likeness (QED) is 0.709. The van der Waals surface area contributed by atoms with Crippen LogP contribution < -0.4 is 0 Å². The fourth-order valence-corrected chi connectivity index (χ4v) is 2.45. The van der Waals surface area contributed by atoms with E-state index in [0.29, 0.717) is 0 Å². The van der Waals surface area contributed by atoms with Crippen molar-refractivity contribution in [3.63, 3.8) is 0 Å². The van der Waals surface area contributed by atoms with Crippen LogP contribution in [0, 0.1) is 5.41 Å². The molecule has 6 nitrogen and oxygen atoms in total. The fourth-order valence-electron chi connectivity index (χ4n) is 2.45. The molecular weight excluding hydrogens is 308 g/mol. The molecule has 136 valence electrons. The number of amides is 2. The number of carbonyl (C=O) groups is 2. The van der Waals surface area contributed by atoms with Crippen molar-refractivity contribution in [3.8, 4) is 0 Å². The molecule has 0 fully saturated rings. The molecule has 0 saturated carbocycles. The fraction of sp³-hybridized carbons (Fsp3) is 0.667. The van der Waals surface area contributed by atoms with E-state index in [1.54, 1.807) is 17.3 Å². The predicted molar refractivity (Wildman–Crippen MR) is 93.6 cm³/mol. The second kappa shape index (κ2) is 7.73. The summed E-state index contributed by atoms with van der Waals surface area (Å²) in [4.78, 5) is 25.0.